The van der Waals surface area contributed by atoms with Crippen LogP contribution in [-0.2, 0) is 21.2 Å². The van der Waals surface area contributed by atoms with Crippen LogP contribution in [-0.4, -0.2) is 98.3 Å². The highest BCUT2D eigenvalue weighted by Gasteiger charge is 2.40. The summed E-state index contributed by atoms with van der Waals surface area (Å²) >= 11 is 12.8. The number of hydrogen-bond acceptors (Lipinski definition) is 5. The van der Waals surface area contributed by atoms with Crippen molar-refractivity contribution in [2.24, 2.45) is 0 Å². The molecule has 45 heavy (non-hydrogen) atoms. The molecule has 240 valence electrons. The number of piperazine rings is 1. The Bertz CT molecular complexity index is 1560. The Labute approximate surface area is 277 Å². The Morgan fingerprint density at radius 1 is 0.844 bits per heavy atom. The smallest absolute Gasteiger partial charge is 0.253 e. The van der Waals surface area contributed by atoms with E-state index in [4.69, 9.17) is 23.2 Å². The summed E-state index contributed by atoms with van der Waals surface area (Å²) < 4.78 is 27.6. The van der Waals surface area contributed by atoms with Crippen molar-refractivity contribution < 1.29 is 13.2 Å². The molecule has 1 amide bonds. The molecule has 0 saturated carbocycles. The maximum atomic E-state index is 13.5. The van der Waals surface area contributed by atoms with Crippen molar-refractivity contribution >= 4 is 39.1 Å². The van der Waals surface area contributed by atoms with E-state index in [1.165, 1.54) is 0 Å². The van der Waals surface area contributed by atoms with Crippen molar-refractivity contribution in [1.82, 2.24) is 19.0 Å². The van der Waals surface area contributed by atoms with Crippen molar-refractivity contribution in [3.05, 3.63) is 106 Å². The van der Waals surface area contributed by atoms with E-state index >= 15 is 0 Å². The van der Waals surface area contributed by atoms with E-state index in [9.17, 15) is 13.2 Å². The van der Waals surface area contributed by atoms with Crippen molar-refractivity contribution in [1.29, 1.82) is 0 Å². The van der Waals surface area contributed by atoms with Gasteiger partial charge in [0.2, 0.25) is 10.0 Å². The molecule has 0 aromatic heterocycles. The molecule has 6 rings (SSSR count). The third-order valence-electron chi connectivity index (χ3n) is 9.86. The predicted octanol–water partition coefficient (Wildman–Crippen LogP) is 5.78. The fourth-order valence-corrected chi connectivity index (χ4v) is 9.11. The maximum Gasteiger partial charge on any atom is 0.253 e. The molecule has 0 N–H and O–H groups in total. The van der Waals surface area contributed by atoms with E-state index in [1.54, 1.807) is 4.31 Å². The number of benzene rings is 3. The van der Waals surface area contributed by atoms with Crippen LogP contribution >= 0.6 is 23.2 Å². The van der Waals surface area contributed by atoms with Gasteiger partial charge in [-0.05, 0) is 67.6 Å². The lowest BCUT2D eigenvalue weighted by atomic mass is 9.70. The number of nitrogens with zero attached hydrogens (tertiary/aromatic N) is 4. The summed E-state index contributed by atoms with van der Waals surface area (Å²) in [7, 11) is -3.31. The van der Waals surface area contributed by atoms with Gasteiger partial charge in [0.05, 0.1) is 15.8 Å². The molecule has 0 unspecified atom stereocenters. The molecule has 10 heteroatoms. The Kier molecular flexibility index (Phi) is 10.2. The van der Waals surface area contributed by atoms with Gasteiger partial charge in [0, 0.05) is 69.4 Å². The molecule has 0 radical (unpaired) electrons. The quantitative estimate of drug-likeness (QED) is 0.274. The number of halogens is 2. The largest absolute Gasteiger partial charge is 0.338 e. The zero-order chi connectivity index (χ0) is 31.4. The van der Waals surface area contributed by atoms with E-state index in [0.717, 1.165) is 81.6 Å². The molecule has 0 aliphatic carbocycles. The third-order valence-corrected chi connectivity index (χ3v) is 12.4. The second-order valence-electron chi connectivity index (χ2n) is 12.8. The first-order valence-corrected chi connectivity index (χ1v) is 18.4. The fraction of sp³-hybridized carbons (Fsp3) is 0.457. The first kappa shape index (κ1) is 32.5. The lowest BCUT2D eigenvalue weighted by Crippen LogP contribution is -2.63. The summed E-state index contributed by atoms with van der Waals surface area (Å²) in [5, 5.41) is 1.10. The van der Waals surface area contributed by atoms with Crippen LogP contribution in [0.4, 0.5) is 0 Å². The predicted molar refractivity (Wildman–Crippen MR) is 181 cm³/mol. The van der Waals surface area contributed by atoms with Gasteiger partial charge >= 0.3 is 0 Å². The van der Waals surface area contributed by atoms with E-state index in [0.29, 0.717) is 35.7 Å². The van der Waals surface area contributed by atoms with Crippen LogP contribution in [0.3, 0.4) is 0 Å². The zero-order valence-electron chi connectivity index (χ0n) is 25.7. The molecule has 3 aromatic rings. The average Bonchev–Trinajstić information content (AvgIpc) is 3.04. The second kappa shape index (κ2) is 14.1. The molecule has 3 aromatic carbocycles. The lowest BCUT2D eigenvalue weighted by Gasteiger charge is -2.48. The molecule has 0 bridgehead atoms. The summed E-state index contributed by atoms with van der Waals surface area (Å²) in [6.07, 6.45) is 3.93. The number of rotatable bonds is 10. The van der Waals surface area contributed by atoms with E-state index in [-0.39, 0.29) is 17.1 Å². The number of sulfonamides is 1. The van der Waals surface area contributed by atoms with Crippen LogP contribution in [0.15, 0.2) is 78.9 Å². The Balaban J connectivity index is 1.02. The monoisotopic (exact) mass is 668 g/mol. The third kappa shape index (κ3) is 7.58. The molecule has 3 aliphatic rings. The van der Waals surface area contributed by atoms with Crippen LogP contribution in [0.2, 0.25) is 10.0 Å². The van der Waals surface area contributed by atoms with E-state index < -0.39 is 10.0 Å². The molecule has 1 atom stereocenters. The van der Waals surface area contributed by atoms with Gasteiger partial charge in [0.25, 0.3) is 5.91 Å². The van der Waals surface area contributed by atoms with Gasteiger partial charge in [0.15, 0.2) is 0 Å². The Morgan fingerprint density at radius 2 is 1.53 bits per heavy atom. The van der Waals surface area contributed by atoms with Crippen LogP contribution in [0.25, 0.3) is 0 Å². The number of likely N-dealkylation sites (tertiary alicyclic amines) is 2. The average molecular weight is 670 g/mol. The Morgan fingerprint density at radius 3 is 2.22 bits per heavy atom. The minimum Gasteiger partial charge on any atom is -0.338 e. The molecule has 3 aliphatic heterocycles. The first-order chi connectivity index (χ1) is 21.7. The summed E-state index contributed by atoms with van der Waals surface area (Å²) in [5.74, 6) is 0.144. The number of carbonyl (C=O) groups excluding carboxylic acids is 1. The van der Waals surface area contributed by atoms with Crippen molar-refractivity contribution in [3.8, 4) is 0 Å². The van der Waals surface area contributed by atoms with Crippen molar-refractivity contribution in [2.75, 3.05) is 58.9 Å². The van der Waals surface area contributed by atoms with Crippen molar-refractivity contribution in [3.63, 3.8) is 0 Å². The zero-order valence-corrected chi connectivity index (χ0v) is 28.0. The minimum atomic E-state index is -3.31. The normalized spacial score (nSPS) is 22.3. The molecule has 0 spiro atoms. The van der Waals surface area contributed by atoms with Crippen LogP contribution < -0.4 is 0 Å². The molecule has 3 fully saturated rings. The number of hydrogen-bond donors (Lipinski definition) is 0. The Hall–Kier alpha value is -2.46. The van der Waals surface area contributed by atoms with E-state index in [2.05, 4.69) is 15.9 Å². The highest BCUT2D eigenvalue weighted by molar-refractivity contribution is 7.88. The molecular weight excluding hydrogens is 627 g/mol. The number of amides is 1. The maximum absolute atomic E-state index is 13.5. The van der Waals surface area contributed by atoms with Gasteiger partial charge in [-0.15, -0.1) is 0 Å². The van der Waals surface area contributed by atoms with Gasteiger partial charge in [-0.1, -0.05) is 77.8 Å². The molecule has 3 saturated heterocycles. The summed E-state index contributed by atoms with van der Waals surface area (Å²) in [4.78, 5) is 20.4. The van der Waals surface area contributed by atoms with Gasteiger partial charge in [-0.2, -0.15) is 4.31 Å². The highest BCUT2D eigenvalue weighted by Crippen LogP contribution is 2.41. The van der Waals surface area contributed by atoms with Gasteiger partial charge in [-0.3, -0.25) is 9.69 Å². The number of piperidine rings is 1. The molecule has 3 heterocycles. The van der Waals surface area contributed by atoms with Crippen LogP contribution in [0.1, 0.15) is 47.2 Å². The summed E-state index contributed by atoms with van der Waals surface area (Å²) in [6.45, 7) is 7.09. The van der Waals surface area contributed by atoms with Gasteiger partial charge < -0.3 is 9.80 Å². The minimum absolute atomic E-state index is 0.0624. The highest BCUT2D eigenvalue weighted by atomic mass is 35.5. The lowest BCUT2D eigenvalue weighted by molar-refractivity contribution is 0.0146. The number of carbonyl (C=O) groups is 1. The first-order valence-electron chi connectivity index (χ1n) is 16.0. The summed E-state index contributed by atoms with van der Waals surface area (Å²) in [6, 6.07) is 25.4. The second-order valence-corrected chi connectivity index (χ2v) is 15.6. The summed E-state index contributed by atoms with van der Waals surface area (Å²) in [5.41, 5.74) is 2.54. The van der Waals surface area contributed by atoms with Crippen molar-refractivity contribution in [2.45, 2.75) is 42.9 Å². The topological polar surface area (TPSA) is 64.2 Å². The molecular formula is C35H42Cl2N4O3S. The van der Waals surface area contributed by atoms with E-state index in [1.807, 2.05) is 77.7 Å². The standard InChI is InChI=1S/C35H42Cl2N4O3S/c36-32-14-13-30(23-33(32)37)35(16-8-18-40(27-35)34(42)29-11-5-2-6-12-29)15-7-17-38-24-31(25-38)39-19-21-41(22-20-39)45(43,44)26-28-9-3-1-4-10-28/h1-6,9-14,23,31H,7-8,15-22,24-27H2/t35-/m0/s1. The SMILES string of the molecule is O=C(c1ccccc1)N1CCC[C@](CCCN2CC(N3CCN(S(=O)(=O)Cc4ccccc4)CC3)C2)(c2ccc(Cl)c(Cl)c2)C1. The van der Waals surface area contributed by atoms with Gasteiger partial charge in [-0.25, -0.2) is 8.42 Å². The van der Waals surface area contributed by atoms with Gasteiger partial charge in [0.1, 0.15) is 0 Å². The fourth-order valence-electron chi connectivity index (χ4n) is 7.30. The molecule has 7 nitrogen and oxygen atoms in total. The van der Waals surface area contributed by atoms with Crippen LogP contribution in [0, 0.1) is 0 Å². The van der Waals surface area contributed by atoms with Crippen LogP contribution in [0.5, 0.6) is 0 Å².